The van der Waals surface area contributed by atoms with E-state index in [1.54, 1.807) is 41.3 Å². The van der Waals surface area contributed by atoms with Crippen LogP contribution in [-0.4, -0.2) is 48.0 Å². The molecule has 0 bridgehead atoms. The van der Waals surface area contributed by atoms with Gasteiger partial charge in [-0.05, 0) is 61.7 Å². The Hall–Kier alpha value is -2.38. The van der Waals surface area contributed by atoms with Gasteiger partial charge in [0.1, 0.15) is 5.82 Å². The Kier molecular flexibility index (Phi) is 6.08. The number of aromatic amines is 1. The Labute approximate surface area is 187 Å². The number of aromatic nitrogens is 2. The third kappa shape index (κ3) is 4.77. The SMILES string of the molecule is Cc1nc(C2CCN(C(=O)CCS(=O)(=O)c3ccc4cc(Cl)ccc4c3)CC2)c(C)[nH]1. The number of hydrogen-bond acceptors (Lipinski definition) is 4. The van der Waals surface area contributed by atoms with Gasteiger partial charge in [0.15, 0.2) is 9.84 Å². The lowest BCUT2D eigenvalue weighted by molar-refractivity contribution is -0.131. The van der Waals surface area contributed by atoms with E-state index in [0.29, 0.717) is 24.0 Å². The van der Waals surface area contributed by atoms with Crippen molar-refractivity contribution in [1.82, 2.24) is 14.9 Å². The van der Waals surface area contributed by atoms with Crippen LogP contribution >= 0.6 is 11.6 Å². The summed E-state index contributed by atoms with van der Waals surface area (Å²) in [6.07, 6.45) is 1.68. The van der Waals surface area contributed by atoms with E-state index in [2.05, 4.69) is 9.97 Å². The number of sulfone groups is 1. The molecule has 0 radical (unpaired) electrons. The summed E-state index contributed by atoms with van der Waals surface area (Å²) in [4.78, 5) is 22.5. The molecular weight excluding hydrogens is 434 g/mol. The van der Waals surface area contributed by atoms with Crippen LogP contribution in [0.2, 0.25) is 5.02 Å². The van der Waals surface area contributed by atoms with Crippen LogP contribution < -0.4 is 0 Å². The van der Waals surface area contributed by atoms with Gasteiger partial charge in [0.25, 0.3) is 0 Å². The van der Waals surface area contributed by atoms with Crippen molar-refractivity contribution in [2.75, 3.05) is 18.8 Å². The molecule has 3 aromatic rings. The standard InChI is InChI=1S/C23H26ClN3O3S/c1-15-23(26-16(2)25-15)17-7-10-27(11-8-17)22(28)9-12-31(29,30)21-6-4-18-13-20(24)5-3-19(18)14-21/h3-6,13-14,17H,7-12H2,1-2H3,(H,25,26). The highest BCUT2D eigenvalue weighted by molar-refractivity contribution is 7.91. The zero-order valence-corrected chi connectivity index (χ0v) is 19.3. The highest BCUT2D eigenvalue weighted by Crippen LogP contribution is 2.29. The molecule has 0 aliphatic carbocycles. The molecule has 1 aliphatic heterocycles. The van der Waals surface area contributed by atoms with Crippen molar-refractivity contribution in [3.05, 3.63) is 58.6 Å². The lowest BCUT2D eigenvalue weighted by Crippen LogP contribution is -2.38. The van der Waals surface area contributed by atoms with Gasteiger partial charge in [-0.2, -0.15) is 0 Å². The number of nitrogens with one attached hydrogen (secondary N) is 1. The first-order chi connectivity index (χ1) is 14.7. The summed E-state index contributed by atoms with van der Waals surface area (Å²) in [5.41, 5.74) is 2.18. The van der Waals surface area contributed by atoms with Gasteiger partial charge in [0.2, 0.25) is 5.91 Å². The van der Waals surface area contributed by atoms with Crippen LogP contribution in [0.25, 0.3) is 10.8 Å². The molecule has 2 heterocycles. The summed E-state index contributed by atoms with van der Waals surface area (Å²) >= 11 is 5.99. The Bertz CT molecular complexity index is 1230. The quantitative estimate of drug-likeness (QED) is 0.612. The first-order valence-electron chi connectivity index (χ1n) is 10.5. The number of H-pyrrole nitrogens is 1. The monoisotopic (exact) mass is 459 g/mol. The maximum atomic E-state index is 12.8. The summed E-state index contributed by atoms with van der Waals surface area (Å²) in [5.74, 6) is 0.948. The molecule has 0 spiro atoms. The van der Waals surface area contributed by atoms with Crippen molar-refractivity contribution in [3.8, 4) is 0 Å². The molecule has 1 fully saturated rings. The fourth-order valence-corrected chi connectivity index (χ4v) is 5.75. The molecule has 6 nitrogen and oxygen atoms in total. The first-order valence-corrected chi connectivity index (χ1v) is 12.5. The van der Waals surface area contributed by atoms with Crippen LogP contribution in [0.15, 0.2) is 41.3 Å². The molecule has 1 amide bonds. The molecular formula is C23H26ClN3O3S. The molecule has 164 valence electrons. The number of rotatable bonds is 5. The van der Waals surface area contributed by atoms with E-state index in [1.165, 1.54) is 0 Å². The van der Waals surface area contributed by atoms with E-state index < -0.39 is 9.84 Å². The molecule has 0 unspecified atom stereocenters. The molecule has 4 rings (SSSR count). The van der Waals surface area contributed by atoms with E-state index in [-0.39, 0.29) is 23.0 Å². The lowest BCUT2D eigenvalue weighted by Gasteiger charge is -2.31. The van der Waals surface area contributed by atoms with Crippen molar-refractivity contribution in [2.24, 2.45) is 0 Å². The Balaban J connectivity index is 1.36. The van der Waals surface area contributed by atoms with Crippen LogP contribution in [0.3, 0.4) is 0 Å². The summed E-state index contributed by atoms with van der Waals surface area (Å²) in [6.45, 7) is 5.23. The molecule has 8 heteroatoms. The Morgan fingerprint density at radius 2 is 1.81 bits per heavy atom. The van der Waals surface area contributed by atoms with Crippen molar-refractivity contribution >= 4 is 38.1 Å². The highest BCUT2D eigenvalue weighted by atomic mass is 35.5. The van der Waals surface area contributed by atoms with Gasteiger partial charge in [-0.15, -0.1) is 0 Å². The number of hydrogen-bond donors (Lipinski definition) is 1. The number of piperidine rings is 1. The number of likely N-dealkylation sites (tertiary alicyclic amines) is 1. The van der Waals surface area contributed by atoms with Crippen molar-refractivity contribution in [1.29, 1.82) is 0 Å². The Morgan fingerprint density at radius 3 is 2.48 bits per heavy atom. The zero-order chi connectivity index (χ0) is 22.2. The fraction of sp³-hybridized carbons (Fsp3) is 0.391. The fourth-order valence-electron chi connectivity index (χ4n) is 4.31. The second-order valence-corrected chi connectivity index (χ2v) is 10.8. The molecule has 1 saturated heterocycles. The zero-order valence-electron chi connectivity index (χ0n) is 17.7. The largest absolute Gasteiger partial charge is 0.346 e. The van der Waals surface area contributed by atoms with Crippen LogP contribution in [-0.2, 0) is 14.6 Å². The normalized spacial score (nSPS) is 15.5. The predicted molar refractivity (Wildman–Crippen MR) is 122 cm³/mol. The first kappa shape index (κ1) is 21.8. The topological polar surface area (TPSA) is 83.1 Å². The second kappa shape index (κ2) is 8.63. The number of carbonyl (C=O) groups excluding carboxylic acids is 1. The molecule has 31 heavy (non-hydrogen) atoms. The average Bonchev–Trinajstić information content (AvgIpc) is 3.09. The number of carbonyl (C=O) groups is 1. The maximum absolute atomic E-state index is 12.8. The highest BCUT2D eigenvalue weighted by Gasteiger charge is 2.27. The average molecular weight is 460 g/mol. The summed E-state index contributed by atoms with van der Waals surface area (Å²) in [6, 6.07) is 10.3. The number of benzene rings is 2. The van der Waals surface area contributed by atoms with Gasteiger partial charge in [0.05, 0.1) is 16.3 Å². The van der Waals surface area contributed by atoms with Gasteiger partial charge >= 0.3 is 0 Å². The van der Waals surface area contributed by atoms with E-state index >= 15 is 0 Å². The minimum atomic E-state index is -3.55. The van der Waals surface area contributed by atoms with Gasteiger partial charge in [0, 0.05) is 36.1 Å². The van der Waals surface area contributed by atoms with Crippen molar-refractivity contribution in [2.45, 2.75) is 43.9 Å². The molecule has 0 atom stereocenters. The van der Waals surface area contributed by atoms with Crippen LogP contribution in [0.4, 0.5) is 0 Å². The number of amides is 1. The number of aryl methyl sites for hydroxylation is 2. The number of nitrogens with zero attached hydrogens (tertiary/aromatic N) is 2. The molecule has 1 N–H and O–H groups in total. The van der Waals surface area contributed by atoms with Crippen LogP contribution in [0.5, 0.6) is 0 Å². The number of imidazole rings is 1. The predicted octanol–water partition coefficient (Wildman–Crippen LogP) is 4.40. The van der Waals surface area contributed by atoms with Crippen LogP contribution in [0.1, 0.15) is 42.4 Å². The maximum Gasteiger partial charge on any atom is 0.223 e. The van der Waals surface area contributed by atoms with Crippen LogP contribution in [0, 0.1) is 13.8 Å². The molecule has 0 saturated carbocycles. The van der Waals surface area contributed by atoms with Gasteiger partial charge in [-0.25, -0.2) is 13.4 Å². The molecule has 1 aromatic heterocycles. The summed E-state index contributed by atoms with van der Waals surface area (Å²) in [5, 5.41) is 2.30. The minimum absolute atomic E-state index is 0.00774. The van der Waals surface area contributed by atoms with Gasteiger partial charge < -0.3 is 9.88 Å². The van der Waals surface area contributed by atoms with Crippen molar-refractivity contribution < 1.29 is 13.2 Å². The van der Waals surface area contributed by atoms with E-state index in [9.17, 15) is 13.2 Å². The third-order valence-electron chi connectivity index (χ3n) is 5.99. The molecule has 1 aliphatic rings. The minimum Gasteiger partial charge on any atom is -0.346 e. The van der Waals surface area contributed by atoms with E-state index in [0.717, 1.165) is 40.8 Å². The number of halogens is 1. The van der Waals surface area contributed by atoms with E-state index in [4.69, 9.17) is 11.6 Å². The Morgan fingerprint density at radius 1 is 1.13 bits per heavy atom. The van der Waals surface area contributed by atoms with Gasteiger partial charge in [-0.3, -0.25) is 4.79 Å². The number of fused-ring (bicyclic) bond motifs is 1. The van der Waals surface area contributed by atoms with E-state index in [1.807, 2.05) is 13.8 Å². The second-order valence-electron chi connectivity index (χ2n) is 8.21. The van der Waals surface area contributed by atoms with Gasteiger partial charge in [-0.1, -0.05) is 23.7 Å². The van der Waals surface area contributed by atoms with Crippen molar-refractivity contribution in [3.63, 3.8) is 0 Å². The third-order valence-corrected chi connectivity index (χ3v) is 7.94. The molecule has 2 aromatic carbocycles. The smallest absolute Gasteiger partial charge is 0.223 e. The lowest BCUT2D eigenvalue weighted by atomic mass is 9.92. The summed E-state index contributed by atoms with van der Waals surface area (Å²) in [7, 11) is -3.55. The summed E-state index contributed by atoms with van der Waals surface area (Å²) < 4.78 is 25.6.